The van der Waals surface area contributed by atoms with Gasteiger partial charge in [-0.25, -0.2) is 9.69 Å². The van der Waals surface area contributed by atoms with E-state index in [2.05, 4.69) is 10.1 Å². The zero-order valence-electron chi connectivity index (χ0n) is 20.7. The first kappa shape index (κ1) is 26.5. The Kier molecular flexibility index (Phi) is 6.73. The van der Waals surface area contributed by atoms with Crippen LogP contribution < -0.4 is 19.3 Å². The van der Waals surface area contributed by atoms with Crippen LogP contribution >= 0.6 is 0 Å². The molecule has 4 aromatic rings. The second kappa shape index (κ2) is 9.90. The van der Waals surface area contributed by atoms with Crippen LogP contribution in [0.4, 0.5) is 35.2 Å². The fourth-order valence-corrected chi connectivity index (χ4v) is 4.18. The standard InChI is InChI=1S/C25H19B3F3N5O3/c1-34-13-16-12-18(5-8-20(16)33-34)35-14-15-2-9-21(38-11-10-24(29,30)31)32-22(15)36(23(35)37)17-3-6-19(7-4-17)39-25(26,27)28/h2-9,12-13H,10-11,14H2,1H3. The van der Waals surface area contributed by atoms with Gasteiger partial charge in [-0.15, -0.1) is 0 Å². The molecule has 2 aromatic carbocycles. The molecule has 192 valence electrons. The monoisotopic (exact) mass is 527 g/mol. The number of urea groups is 1. The Morgan fingerprint density at radius 2 is 1.72 bits per heavy atom. The van der Waals surface area contributed by atoms with Crippen molar-refractivity contribution in [2.75, 3.05) is 16.4 Å². The normalized spacial score (nSPS) is 14.0. The molecule has 0 saturated heterocycles. The highest BCUT2D eigenvalue weighted by Crippen LogP contribution is 2.38. The maximum atomic E-state index is 13.9. The van der Waals surface area contributed by atoms with Gasteiger partial charge in [-0.1, -0.05) is 0 Å². The molecule has 0 spiro atoms. The lowest BCUT2D eigenvalue weighted by atomic mass is 9.52. The molecular formula is C25H19B3F3N5O3. The van der Waals surface area contributed by atoms with Gasteiger partial charge in [0.2, 0.25) is 5.88 Å². The second-order valence-electron chi connectivity index (χ2n) is 9.05. The van der Waals surface area contributed by atoms with Crippen LogP contribution in [-0.2, 0) is 13.6 Å². The highest BCUT2D eigenvalue weighted by Gasteiger charge is 2.34. The van der Waals surface area contributed by atoms with Gasteiger partial charge < -0.3 is 9.47 Å². The Bertz CT molecular complexity index is 1520. The average Bonchev–Trinajstić information content (AvgIpc) is 3.22. The summed E-state index contributed by atoms with van der Waals surface area (Å²) in [5, 5.41) is 3.32. The predicted octanol–water partition coefficient (Wildman–Crippen LogP) is 4.07. The van der Waals surface area contributed by atoms with Gasteiger partial charge >= 0.3 is 12.2 Å². The largest absolute Gasteiger partial charge is 0.516 e. The molecule has 0 unspecified atom stereocenters. The molecule has 0 atom stereocenters. The Morgan fingerprint density at radius 3 is 2.41 bits per heavy atom. The lowest BCUT2D eigenvalue weighted by molar-refractivity contribution is -0.139. The molecule has 2 aromatic heterocycles. The molecule has 5 rings (SSSR count). The Balaban J connectivity index is 1.52. The maximum Gasteiger partial charge on any atom is 0.392 e. The minimum absolute atomic E-state index is 0.0415. The van der Waals surface area contributed by atoms with E-state index in [9.17, 15) is 18.0 Å². The molecular weight excluding hydrogens is 508 g/mol. The van der Waals surface area contributed by atoms with E-state index in [4.69, 9.17) is 33.0 Å². The molecule has 1 aliphatic heterocycles. The third-order valence-electron chi connectivity index (χ3n) is 5.83. The zero-order valence-corrected chi connectivity index (χ0v) is 20.7. The lowest BCUT2D eigenvalue weighted by Gasteiger charge is -2.36. The van der Waals surface area contributed by atoms with Gasteiger partial charge in [-0.3, -0.25) is 9.58 Å². The van der Waals surface area contributed by atoms with E-state index in [-0.39, 0.29) is 24.0 Å². The van der Waals surface area contributed by atoms with Gasteiger partial charge in [0.1, 0.15) is 35.1 Å². The van der Waals surface area contributed by atoms with Crippen molar-refractivity contribution in [3.63, 3.8) is 0 Å². The number of rotatable bonds is 7. The molecule has 0 aliphatic carbocycles. The van der Waals surface area contributed by atoms with E-state index in [0.717, 1.165) is 10.9 Å². The topological polar surface area (TPSA) is 72.7 Å². The van der Waals surface area contributed by atoms with E-state index < -0.39 is 30.5 Å². The number of ether oxygens (including phenoxy) is 2. The molecule has 3 heterocycles. The first-order chi connectivity index (χ1) is 18.4. The van der Waals surface area contributed by atoms with E-state index >= 15 is 0 Å². The number of amides is 2. The smallest absolute Gasteiger partial charge is 0.392 e. The van der Waals surface area contributed by atoms with Crippen LogP contribution in [0.1, 0.15) is 12.0 Å². The number of halogens is 3. The van der Waals surface area contributed by atoms with Crippen molar-refractivity contribution in [1.29, 1.82) is 0 Å². The molecule has 6 radical (unpaired) electrons. The summed E-state index contributed by atoms with van der Waals surface area (Å²) in [6, 6.07) is 14.4. The summed E-state index contributed by atoms with van der Waals surface area (Å²) >= 11 is 0. The SMILES string of the molecule is [B]C([B])([B])Oc1ccc(N2C(=O)N(c3ccc4nn(C)cc4c3)Cc3ccc(OCCC(F)(F)F)nc32)cc1. The number of benzene rings is 2. The maximum absolute atomic E-state index is 13.9. The van der Waals surface area contributed by atoms with Gasteiger partial charge in [0.25, 0.3) is 0 Å². The van der Waals surface area contributed by atoms with Crippen LogP contribution in [-0.4, -0.2) is 62.4 Å². The van der Waals surface area contributed by atoms with Crippen LogP contribution in [0.25, 0.3) is 10.9 Å². The number of fused-ring (bicyclic) bond motifs is 2. The van der Waals surface area contributed by atoms with E-state index in [1.165, 1.54) is 23.1 Å². The minimum atomic E-state index is -4.37. The number of carbonyl (C=O) groups excluding carboxylic acids is 1. The number of carbonyl (C=O) groups is 1. The van der Waals surface area contributed by atoms with E-state index in [0.29, 0.717) is 16.9 Å². The van der Waals surface area contributed by atoms with Gasteiger partial charge in [0.05, 0.1) is 30.8 Å². The fourth-order valence-electron chi connectivity index (χ4n) is 4.18. The number of hydrogen-bond donors (Lipinski definition) is 0. The van der Waals surface area contributed by atoms with Gasteiger partial charge in [0.15, 0.2) is 0 Å². The number of anilines is 3. The highest BCUT2D eigenvalue weighted by molar-refractivity contribution is 6.58. The van der Waals surface area contributed by atoms with Crippen LogP contribution in [0.5, 0.6) is 11.6 Å². The average molecular weight is 527 g/mol. The fraction of sp³-hybridized carbons (Fsp3) is 0.240. The Morgan fingerprint density at radius 1 is 1.00 bits per heavy atom. The van der Waals surface area contributed by atoms with Crippen LogP contribution in [0.15, 0.2) is 60.8 Å². The van der Waals surface area contributed by atoms with Crippen molar-refractivity contribution in [2.45, 2.75) is 24.4 Å². The van der Waals surface area contributed by atoms with Crippen molar-refractivity contribution in [3.05, 3.63) is 66.4 Å². The van der Waals surface area contributed by atoms with Crippen LogP contribution in [0, 0.1) is 0 Å². The number of hydrogen-bond acceptors (Lipinski definition) is 5. The summed E-state index contributed by atoms with van der Waals surface area (Å²) in [6.07, 6.45) is -3.66. The molecule has 1 aliphatic rings. The first-order valence-electron chi connectivity index (χ1n) is 11.8. The molecule has 0 fully saturated rings. The molecule has 14 heteroatoms. The van der Waals surface area contributed by atoms with Gasteiger partial charge in [0, 0.05) is 35.9 Å². The summed E-state index contributed by atoms with van der Waals surface area (Å²) in [4.78, 5) is 21.2. The molecule has 2 amide bonds. The van der Waals surface area contributed by atoms with Gasteiger partial charge in [-0.05, 0) is 53.8 Å². The van der Waals surface area contributed by atoms with Crippen molar-refractivity contribution < 1.29 is 27.4 Å². The lowest BCUT2D eigenvalue weighted by Crippen LogP contribution is -2.45. The van der Waals surface area contributed by atoms with Crippen molar-refractivity contribution in [2.24, 2.45) is 7.05 Å². The van der Waals surface area contributed by atoms with E-state index in [1.54, 1.807) is 40.9 Å². The van der Waals surface area contributed by atoms with Crippen molar-refractivity contribution in [3.8, 4) is 11.6 Å². The number of nitrogens with zero attached hydrogens (tertiary/aromatic N) is 5. The number of aryl methyl sites for hydroxylation is 1. The zero-order chi connectivity index (χ0) is 27.9. The van der Waals surface area contributed by atoms with Crippen molar-refractivity contribution >= 4 is 57.7 Å². The number of alkyl halides is 3. The van der Waals surface area contributed by atoms with Crippen LogP contribution in [0.2, 0.25) is 0 Å². The molecule has 8 nitrogen and oxygen atoms in total. The van der Waals surface area contributed by atoms with E-state index in [1.807, 2.05) is 18.3 Å². The number of aromatic nitrogens is 3. The highest BCUT2D eigenvalue weighted by atomic mass is 19.4. The predicted molar refractivity (Wildman–Crippen MR) is 142 cm³/mol. The van der Waals surface area contributed by atoms with Crippen LogP contribution in [0.3, 0.4) is 0 Å². The molecule has 39 heavy (non-hydrogen) atoms. The number of pyridine rings is 1. The molecule has 0 N–H and O–H groups in total. The minimum Gasteiger partial charge on any atom is -0.516 e. The third kappa shape index (κ3) is 5.99. The third-order valence-corrected chi connectivity index (χ3v) is 5.83. The van der Waals surface area contributed by atoms with Crippen molar-refractivity contribution in [1.82, 2.24) is 14.8 Å². The summed E-state index contributed by atoms with van der Waals surface area (Å²) in [7, 11) is 18.3. The summed E-state index contributed by atoms with van der Waals surface area (Å²) < 4.78 is 50.0. The Labute approximate surface area is 225 Å². The quantitative estimate of drug-likeness (QED) is 0.339. The Hall–Kier alpha value is -4.09. The molecule has 0 saturated carbocycles. The summed E-state index contributed by atoms with van der Waals surface area (Å²) in [5.41, 5.74) is 2.45. The van der Waals surface area contributed by atoms with Gasteiger partial charge in [-0.2, -0.15) is 23.3 Å². The first-order valence-corrected chi connectivity index (χ1v) is 11.8. The summed E-state index contributed by atoms with van der Waals surface area (Å²) in [5.74, 6) is 0.440. The summed E-state index contributed by atoms with van der Waals surface area (Å²) in [6.45, 7) is -0.435. The second-order valence-corrected chi connectivity index (χ2v) is 9.05. The molecule has 0 bridgehead atoms.